The van der Waals surface area contributed by atoms with Gasteiger partial charge in [-0.3, -0.25) is 9.52 Å². The van der Waals surface area contributed by atoms with Crippen molar-refractivity contribution in [3.05, 3.63) is 42.0 Å². The predicted molar refractivity (Wildman–Crippen MR) is 91.3 cm³/mol. The Labute approximate surface area is 145 Å². The van der Waals surface area contributed by atoms with Gasteiger partial charge in [0.1, 0.15) is 11.6 Å². The van der Waals surface area contributed by atoms with Crippen LogP contribution in [-0.2, 0) is 21.2 Å². The second-order valence-electron chi connectivity index (χ2n) is 5.63. The van der Waals surface area contributed by atoms with E-state index in [1.54, 1.807) is 0 Å². The summed E-state index contributed by atoms with van der Waals surface area (Å²) in [6.45, 7) is 3.86. The van der Waals surface area contributed by atoms with Gasteiger partial charge in [0.25, 0.3) is 10.0 Å². The Kier molecular flexibility index (Phi) is 5.58. The molecular weight excluding hydrogens is 346 g/mol. The molecule has 2 aromatic rings. The second-order valence-corrected chi connectivity index (χ2v) is 7.32. The Morgan fingerprint density at radius 1 is 1.28 bits per heavy atom. The Morgan fingerprint density at radius 2 is 1.92 bits per heavy atom. The number of sulfonamides is 1. The number of nitrogens with zero attached hydrogens (tertiary/aromatic N) is 2. The molecule has 0 atom stereocenters. The molecule has 0 bridgehead atoms. The summed E-state index contributed by atoms with van der Waals surface area (Å²) in [6, 6.07) is 4.04. The third-order valence-corrected chi connectivity index (χ3v) is 4.72. The van der Waals surface area contributed by atoms with Gasteiger partial charge in [0, 0.05) is 11.5 Å². The number of rotatable bonds is 7. The summed E-state index contributed by atoms with van der Waals surface area (Å²) in [6.07, 6.45) is 2.43. The second kappa shape index (κ2) is 7.47. The van der Waals surface area contributed by atoms with Crippen LogP contribution in [0.3, 0.4) is 0 Å². The van der Waals surface area contributed by atoms with Crippen molar-refractivity contribution < 1.29 is 23.1 Å². The summed E-state index contributed by atoms with van der Waals surface area (Å²) >= 11 is 0. The molecule has 25 heavy (non-hydrogen) atoms. The molecule has 0 radical (unpaired) electrons. The van der Waals surface area contributed by atoms with Crippen molar-refractivity contribution in [1.29, 1.82) is 0 Å². The van der Waals surface area contributed by atoms with E-state index >= 15 is 0 Å². The molecule has 0 amide bonds. The molecule has 8 nitrogen and oxygen atoms in total. The highest BCUT2D eigenvalue weighted by Crippen LogP contribution is 2.24. The van der Waals surface area contributed by atoms with E-state index in [0.717, 1.165) is 0 Å². The first-order valence-corrected chi connectivity index (χ1v) is 8.94. The van der Waals surface area contributed by atoms with Crippen molar-refractivity contribution in [1.82, 2.24) is 9.97 Å². The Bertz CT molecular complexity index is 864. The zero-order chi connectivity index (χ0) is 18.6. The number of carboxylic acid groups (broad SMARTS) is 1. The molecule has 2 rings (SSSR count). The first-order chi connectivity index (χ1) is 11.7. The molecule has 1 aromatic heterocycles. The summed E-state index contributed by atoms with van der Waals surface area (Å²) in [5.41, 5.74) is 0.490. The van der Waals surface area contributed by atoms with Crippen LogP contribution in [0.4, 0.5) is 5.69 Å². The fourth-order valence-electron chi connectivity index (χ4n) is 2.13. The lowest BCUT2D eigenvalue weighted by Crippen LogP contribution is -2.14. The first-order valence-electron chi connectivity index (χ1n) is 7.46. The van der Waals surface area contributed by atoms with Crippen molar-refractivity contribution in [3.8, 4) is 5.75 Å². The zero-order valence-electron chi connectivity index (χ0n) is 14.1. The van der Waals surface area contributed by atoms with E-state index in [4.69, 9.17) is 9.84 Å². The number of aliphatic carboxylic acids is 1. The number of methoxy groups -OCH3 is 1. The molecule has 0 aliphatic rings. The molecule has 2 N–H and O–H groups in total. The van der Waals surface area contributed by atoms with Crippen LogP contribution in [0.2, 0.25) is 0 Å². The van der Waals surface area contributed by atoms with Crippen LogP contribution in [0, 0.1) is 0 Å². The lowest BCUT2D eigenvalue weighted by Gasteiger charge is -2.12. The van der Waals surface area contributed by atoms with Crippen molar-refractivity contribution in [3.63, 3.8) is 0 Å². The molecule has 9 heteroatoms. The monoisotopic (exact) mass is 365 g/mol. The van der Waals surface area contributed by atoms with Gasteiger partial charge in [0.15, 0.2) is 0 Å². The molecule has 0 unspecified atom stereocenters. The molecule has 134 valence electrons. The van der Waals surface area contributed by atoms with Gasteiger partial charge in [-0.15, -0.1) is 0 Å². The van der Waals surface area contributed by atoms with Gasteiger partial charge in [-0.2, -0.15) is 0 Å². The van der Waals surface area contributed by atoms with Gasteiger partial charge in [0.2, 0.25) is 0 Å². The number of hydrogen-bond acceptors (Lipinski definition) is 6. The van der Waals surface area contributed by atoms with Gasteiger partial charge in [-0.05, 0) is 18.2 Å². The van der Waals surface area contributed by atoms with E-state index in [1.807, 2.05) is 13.8 Å². The lowest BCUT2D eigenvalue weighted by atomic mass is 10.1. The average molecular weight is 365 g/mol. The highest BCUT2D eigenvalue weighted by Gasteiger charge is 2.18. The minimum absolute atomic E-state index is 0.0718. The van der Waals surface area contributed by atoms with Crippen LogP contribution in [0.25, 0.3) is 0 Å². The number of hydrogen-bond donors (Lipinski definition) is 2. The SMILES string of the molecule is COc1ccc(S(=O)(=O)Nc2cnc(C(C)C)nc2)cc1CC(=O)O. The number of aromatic nitrogens is 2. The molecule has 0 aliphatic carbocycles. The first kappa shape index (κ1) is 18.7. The average Bonchev–Trinajstić information content (AvgIpc) is 2.54. The van der Waals surface area contributed by atoms with Crippen LogP contribution in [0.15, 0.2) is 35.5 Å². The van der Waals surface area contributed by atoms with E-state index in [9.17, 15) is 13.2 Å². The quantitative estimate of drug-likeness (QED) is 0.770. The van der Waals surface area contributed by atoms with Gasteiger partial charge >= 0.3 is 5.97 Å². The molecule has 0 fully saturated rings. The van der Waals surface area contributed by atoms with E-state index in [-0.39, 0.29) is 28.5 Å². The molecule has 1 heterocycles. The van der Waals surface area contributed by atoms with Gasteiger partial charge < -0.3 is 9.84 Å². The maximum atomic E-state index is 12.5. The standard InChI is InChI=1S/C16H19N3O5S/c1-10(2)16-17-8-12(9-18-16)19-25(22,23)13-4-5-14(24-3)11(6-13)7-15(20)21/h4-6,8-10,19H,7H2,1-3H3,(H,20,21). The summed E-state index contributed by atoms with van der Waals surface area (Å²) < 4.78 is 32.5. The smallest absolute Gasteiger partial charge is 0.307 e. The third-order valence-electron chi connectivity index (χ3n) is 3.34. The summed E-state index contributed by atoms with van der Waals surface area (Å²) in [5.74, 6) is -0.0357. The van der Waals surface area contributed by atoms with Crippen LogP contribution < -0.4 is 9.46 Å². The summed E-state index contributed by atoms with van der Waals surface area (Å²) in [4.78, 5) is 19.1. The van der Waals surface area contributed by atoms with Gasteiger partial charge in [0.05, 0.1) is 36.5 Å². The van der Waals surface area contributed by atoms with Crippen molar-refractivity contribution in [2.24, 2.45) is 0 Å². The number of nitrogens with one attached hydrogen (secondary N) is 1. The van der Waals surface area contributed by atoms with Crippen LogP contribution in [0.5, 0.6) is 5.75 Å². The van der Waals surface area contributed by atoms with Crippen LogP contribution in [-0.4, -0.2) is 36.6 Å². The van der Waals surface area contributed by atoms with Gasteiger partial charge in [-0.25, -0.2) is 18.4 Å². The molecule has 0 aliphatic heterocycles. The molecular formula is C16H19N3O5S. The van der Waals surface area contributed by atoms with Crippen molar-refractivity contribution in [2.75, 3.05) is 11.8 Å². The zero-order valence-corrected chi connectivity index (χ0v) is 14.9. The highest BCUT2D eigenvalue weighted by molar-refractivity contribution is 7.92. The normalized spacial score (nSPS) is 11.4. The van der Waals surface area contributed by atoms with Crippen molar-refractivity contribution in [2.45, 2.75) is 31.1 Å². The fourth-order valence-corrected chi connectivity index (χ4v) is 3.20. The maximum absolute atomic E-state index is 12.5. The Morgan fingerprint density at radius 3 is 2.44 bits per heavy atom. The molecule has 0 saturated carbocycles. The minimum atomic E-state index is -3.91. The minimum Gasteiger partial charge on any atom is -0.496 e. The fraction of sp³-hybridized carbons (Fsp3) is 0.312. The van der Waals surface area contributed by atoms with E-state index in [0.29, 0.717) is 11.6 Å². The third kappa shape index (κ3) is 4.66. The largest absolute Gasteiger partial charge is 0.496 e. The number of benzene rings is 1. The molecule has 1 aromatic carbocycles. The van der Waals surface area contributed by atoms with E-state index in [2.05, 4.69) is 14.7 Å². The summed E-state index contributed by atoms with van der Waals surface area (Å²) in [5, 5.41) is 8.95. The molecule has 0 spiro atoms. The maximum Gasteiger partial charge on any atom is 0.307 e. The van der Waals surface area contributed by atoms with Gasteiger partial charge in [-0.1, -0.05) is 13.8 Å². The van der Waals surface area contributed by atoms with Crippen LogP contribution >= 0.6 is 0 Å². The Hall–Kier alpha value is -2.68. The summed E-state index contributed by atoms with van der Waals surface area (Å²) in [7, 11) is -2.52. The van der Waals surface area contributed by atoms with Crippen molar-refractivity contribution >= 4 is 21.7 Å². The molecule has 0 saturated heterocycles. The lowest BCUT2D eigenvalue weighted by molar-refractivity contribution is -0.136. The van der Waals surface area contributed by atoms with E-state index in [1.165, 1.54) is 37.7 Å². The number of ether oxygens (including phenoxy) is 1. The topological polar surface area (TPSA) is 118 Å². The predicted octanol–water partition coefficient (Wildman–Crippen LogP) is 2.04. The highest BCUT2D eigenvalue weighted by atomic mass is 32.2. The number of carboxylic acids is 1. The Balaban J connectivity index is 2.30. The van der Waals surface area contributed by atoms with Crippen LogP contribution in [0.1, 0.15) is 31.2 Å². The van der Waals surface area contributed by atoms with E-state index < -0.39 is 16.0 Å². The number of carbonyl (C=O) groups is 1. The number of anilines is 1.